The van der Waals surface area contributed by atoms with Gasteiger partial charge in [-0.1, -0.05) is 25.0 Å². The van der Waals surface area contributed by atoms with Gasteiger partial charge >= 0.3 is 0 Å². The zero-order valence-corrected chi connectivity index (χ0v) is 14.1. The van der Waals surface area contributed by atoms with E-state index in [4.69, 9.17) is 4.74 Å². The van der Waals surface area contributed by atoms with Crippen molar-refractivity contribution in [2.75, 3.05) is 34.3 Å². The van der Waals surface area contributed by atoms with Gasteiger partial charge in [-0.3, -0.25) is 4.79 Å². The van der Waals surface area contributed by atoms with Crippen LogP contribution in [0, 0.1) is 0 Å². The Hall–Kier alpha value is -1.55. The molecule has 2 rings (SSSR count). The lowest BCUT2D eigenvalue weighted by Gasteiger charge is -2.28. The highest BCUT2D eigenvalue weighted by atomic mass is 16.5. The topological polar surface area (TPSA) is 42.8 Å². The van der Waals surface area contributed by atoms with Crippen LogP contribution in [-0.4, -0.2) is 40.2 Å². The van der Waals surface area contributed by atoms with Crippen molar-refractivity contribution in [3.8, 4) is 5.75 Å². The first-order chi connectivity index (χ1) is 10.6. The number of rotatable bonds is 7. The lowest BCUT2D eigenvalue weighted by Crippen LogP contribution is -3.05. The molecule has 4 heteroatoms. The van der Waals surface area contributed by atoms with E-state index in [9.17, 15) is 4.79 Å². The predicted molar refractivity (Wildman–Crippen MR) is 88.4 cm³/mol. The summed E-state index contributed by atoms with van der Waals surface area (Å²) in [7, 11) is 5.94. The molecule has 1 amide bonds. The summed E-state index contributed by atoms with van der Waals surface area (Å²) >= 11 is 0. The summed E-state index contributed by atoms with van der Waals surface area (Å²) in [4.78, 5) is 14.2. The number of ether oxygens (including phenoxy) is 1. The summed E-state index contributed by atoms with van der Waals surface area (Å²) in [5, 5.41) is 3.16. The molecule has 2 N–H and O–H groups in total. The van der Waals surface area contributed by atoms with Crippen LogP contribution in [0.2, 0.25) is 0 Å². The number of benzene rings is 1. The molecule has 0 radical (unpaired) electrons. The second-order valence-corrected chi connectivity index (χ2v) is 6.58. The smallest absolute Gasteiger partial charge is 0.230 e. The van der Waals surface area contributed by atoms with Crippen molar-refractivity contribution in [1.82, 2.24) is 5.32 Å². The second kappa shape index (κ2) is 7.63. The van der Waals surface area contributed by atoms with Crippen LogP contribution in [0.3, 0.4) is 0 Å². The highest BCUT2D eigenvalue weighted by Gasteiger charge is 2.42. The second-order valence-electron chi connectivity index (χ2n) is 6.58. The van der Waals surface area contributed by atoms with Crippen LogP contribution in [0.5, 0.6) is 5.75 Å². The predicted octanol–water partition coefficient (Wildman–Crippen LogP) is 1.16. The number of quaternary nitrogens is 1. The Labute approximate surface area is 133 Å². The summed E-state index contributed by atoms with van der Waals surface area (Å²) in [6, 6.07) is 8.01. The molecule has 1 fully saturated rings. The van der Waals surface area contributed by atoms with Gasteiger partial charge < -0.3 is 15.0 Å². The first-order valence-electron chi connectivity index (χ1n) is 8.30. The van der Waals surface area contributed by atoms with Crippen LogP contribution >= 0.6 is 0 Å². The van der Waals surface area contributed by atoms with Gasteiger partial charge in [-0.25, -0.2) is 0 Å². The van der Waals surface area contributed by atoms with Gasteiger partial charge in [0.05, 0.1) is 33.2 Å². The SMILES string of the molecule is COc1ccc(C2(C(=O)NCCC[NH+](C)C)CCCC2)cc1. The first-order valence-corrected chi connectivity index (χ1v) is 8.30. The third-order valence-corrected chi connectivity index (χ3v) is 4.67. The minimum atomic E-state index is -0.336. The van der Waals surface area contributed by atoms with Crippen LogP contribution in [-0.2, 0) is 10.2 Å². The van der Waals surface area contributed by atoms with Crippen molar-refractivity contribution < 1.29 is 14.4 Å². The third-order valence-electron chi connectivity index (χ3n) is 4.67. The lowest BCUT2D eigenvalue weighted by atomic mass is 9.78. The number of hydrogen-bond acceptors (Lipinski definition) is 2. The van der Waals surface area contributed by atoms with E-state index in [0.717, 1.165) is 56.5 Å². The number of methoxy groups -OCH3 is 1. The highest BCUT2D eigenvalue weighted by molar-refractivity contribution is 5.88. The van der Waals surface area contributed by atoms with E-state index >= 15 is 0 Å². The summed E-state index contributed by atoms with van der Waals surface area (Å²) in [5.41, 5.74) is 0.790. The van der Waals surface area contributed by atoms with E-state index in [1.54, 1.807) is 7.11 Å². The normalized spacial score (nSPS) is 16.7. The Kier molecular flexibility index (Phi) is 5.83. The number of hydrogen-bond donors (Lipinski definition) is 2. The molecule has 1 aliphatic rings. The molecule has 0 heterocycles. The molecule has 1 saturated carbocycles. The van der Waals surface area contributed by atoms with E-state index in [2.05, 4.69) is 19.4 Å². The molecule has 0 unspecified atom stereocenters. The van der Waals surface area contributed by atoms with Crippen LogP contribution in [0.1, 0.15) is 37.7 Å². The molecule has 0 aliphatic heterocycles. The van der Waals surface area contributed by atoms with E-state index in [1.165, 1.54) is 4.90 Å². The fourth-order valence-corrected chi connectivity index (χ4v) is 3.35. The number of amides is 1. The molecule has 4 nitrogen and oxygen atoms in total. The standard InChI is InChI=1S/C18H28N2O2/c1-20(2)14-6-13-19-17(21)18(11-4-5-12-18)15-7-9-16(22-3)10-8-15/h7-10H,4-6,11-14H2,1-3H3,(H,19,21)/p+1. The molecule has 0 spiro atoms. The molecule has 0 aromatic heterocycles. The van der Waals surface area contributed by atoms with Gasteiger partial charge in [0.2, 0.25) is 5.91 Å². The zero-order valence-electron chi connectivity index (χ0n) is 14.1. The van der Waals surface area contributed by atoms with Gasteiger partial charge in [0.25, 0.3) is 0 Å². The van der Waals surface area contributed by atoms with Gasteiger partial charge in [-0.05, 0) is 30.5 Å². The Bertz CT molecular complexity index is 476. The van der Waals surface area contributed by atoms with Gasteiger partial charge in [0.1, 0.15) is 5.75 Å². The van der Waals surface area contributed by atoms with Gasteiger partial charge in [-0.2, -0.15) is 0 Å². The number of carbonyl (C=O) groups excluding carboxylic acids is 1. The summed E-state index contributed by atoms with van der Waals surface area (Å²) < 4.78 is 5.22. The maximum Gasteiger partial charge on any atom is 0.230 e. The molecule has 0 atom stereocenters. The van der Waals surface area contributed by atoms with Crippen molar-refractivity contribution in [3.63, 3.8) is 0 Å². The highest BCUT2D eigenvalue weighted by Crippen LogP contribution is 2.41. The Morgan fingerprint density at radius 1 is 1.23 bits per heavy atom. The molecule has 22 heavy (non-hydrogen) atoms. The van der Waals surface area contributed by atoms with Crippen molar-refractivity contribution in [2.24, 2.45) is 0 Å². The minimum Gasteiger partial charge on any atom is -0.497 e. The fourth-order valence-electron chi connectivity index (χ4n) is 3.35. The average molecular weight is 305 g/mol. The minimum absolute atomic E-state index is 0.198. The Morgan fingerprint density at radius 2 is 1.86 bits per heavy atom. The summed E-state index contributed by atoms with van der Waals surface area (Å²) in [6.45, 7) is 1.84. The molecule has 1 aromatic carbocycles. The van der Waals surface area contributed by atoms with Crippen molar-refractivity contribution in [1.29, 1.82) is 0 Å². The molecular formula is C18H29N2O2+. The Balaban J connectivity index is 2.05. The van der Waals surface area contributed by atoms with Gasteiger partial charge in [0.15, 0.2) is 0 Å². The Morgan fingerprint density at radius 3 is 2.41 bits per heavy atom. The molecular weight excluding hydrogens is 276 g/mol. The molecule has 0 saturated heterocycles. The number of nitrogens with one attached hydrogen (secondary N) is 2. The van der Waals surface area contributed by atoms with Crippen LogP contribution in [0.4, 0.5) is 0 Å². The summed E-state index contributed by atoms with van der Waals surface area (Å²) in [6.07, 6.45) is 5.17. The lowest BCUT2D eigenvalue weighted by molar-refractivity contribution is -0.858. The average Bonchev–Trinajstić information content (AvgIpc) is 3.02. The largest absolute Gasteiger partial charge is 0.497 e. The van der Waals surface area contributed by atoms with E-state index in [0.29, 0.717) is 0 Å². The molecule has 1 aromatic rings. The third kappa shape index (κ3) is 3.80. The van der Waals surface area contributed by atoms with Crippen LogP contribution < -0.4 is 15.0 Å². The maximum atomic E-state index is 12.8. The monoisotopic (exact) mass is 305 g/mol. The number of carbonyl (C=O) groups is 1. The van der Waals surface area contributed by atoms with Crippen molar-refractivity contribution in [2.45, 2.75) is 37.5 Å². The quantitative estimate of drug-likeness (QED) is 0.742. The van der Waals surface area contributed by atoms with Gasteiger partial charge in [0, 0.05) is 13.0 Å². The van der Waals surface area contributed by atoms with E-state index in [1.807, 2.05) is 24.3 Å². The zero-order chi connectivity index (χ0) is 16.0. The molecule has 122 valence electrons. The first kappa shape index (κ1) is 16.8. The van der Waals surface area contributed by atoms with E-state index in [-0.39, 0.29) is 11.3 Å². The van der Waals surface area contributed by atoms with Gasteiger partial charge in [-0.15, -0.1) is 0 Å². The molecule has 1 aliphatic carbocycles. The van der Waals surface area contributed by atoms with Crippen molar-refractivity contribution >= 4 is 5.91 Å². The summed E-state index contributed by atoms with van der Waals surface area (Å²) in [5.74, 6) is 1.04. The van der Waals surface area contributed by atoms with E-state index < -0.39 is 0 Å². The maximum absolute atomic E-state index is 12.8. The fraction of sp³-hybridized carbons (Fsp3) is 0.611. The van der Waals surface area contributed by atoms with Crippen LogP contribution in [0.15, 0.2) is 24.3 Å². The van der Waals surface area contributed by atoms with Crippen molar-refractivity contribution in [3.05, 3.63) is 29.8 Å². The van der Waals surface area contributed by atoms with Crippen LogP contribution in [0.25, 0.3) is 0 Å². The molecule has 0 bridgehead atoms.